The number of alkyl halides is 3. The van der Waals surface area contributed by atoms with E-state index in [1.54, 1.807) is 4.90 Å². The molecule has 1 aliphatic rings. The molecule has 1 fully saturated rings. The molecule has 0 aromatic carbocycles. The third-order valence-corrected chi connectivity index (χ3v) is 3.80. The number of carbonyl (C=O) groups is 2. The summed E-state index contributed by atoms with van der Waals surface area (Å²) in [5.41, 5.74) is -0.958. The van der Waals surface area contributed by atoms with Gasteiger partial charge in [-0.25, -0.2) is 9.97 Å². The summed E-state index contributed by atoms with van der Waals surface area (Å²) in [6, 6.07) is 0.866. The van der Waals surface area contributed by atoms with Crippen molar-refractivity contribution in [1.82, 2.24) is 20.6 Å². The van der Waals surface area contributed by atoms with Crippen LogP contribution >= 0.6 is 0 Å². The number of piperidine rings is 1. The lowest BCUT2D eigenvalue weighted by molar-refractivity contribution is -0.141. The third kappa shape index (κ3) is 5.57. The van der Waals surface area contributed by atoms with Gasteiger partial charge in [0.15, 0.2) is 0 Å². The highest BCUT2D eigenvalue weighted by molar-refractivity contribution is 5.83. The van der Waals surface area contributed by atoms with Gasteiger partial charge in [-0.05, 0) is 19.8 Å². The number of carbonyl (C=O) groups excluding carboxylic acids is 2. The van der Waals surface area contributed by atoms with Crippen molar-refractivity contribution in [2.75, 3.05) is 24.5 Å². The van der Waals surface area contributed by atoms with Gasteiger partial charge in [-0.3, -0.25) is 9.59 Å². The summed E-state index contributed by atoms with van der Waals surface area (Å²) < 4.78 is 38.6. The predicted octanol–water partition coefficient (Wildman–Crippen LogP) is 1.02. The van der Waals surface area contributed by atoms with Crippen LogP contribution in [0.4, 0.5) is 19.0 Å². The van der Waals surface area contributed by atoms with Gasteiger partial charge in [-0.15, -0.1) is 0 Å². The lowest BCUT2D eigenvalue weighted by Crippen LogP contribution is -2.47. The average Bonchev–Trinajstić information content (AvgIpc) is 2.52. The fourth-order valence-electron chi connectivity index (χ4n) is 2.60. The molecule has 7 nitrogen and oxygen atoms in total. The van der Waals surface area contributed by atoms with E-state index >= 15 is 0 Å². The van der Waals surface area contributed by atoms with Crippen molar-refractivity contribution in [3.05, 3.63) is 17.6 Å². The Morgan fingerprint density at radius 1 is 1.28 bits per heavy atom. The molecule has 2 heterocycles. The Balaban J connectivity index is 1.93. The largest absolute Gasteiger partial charge is 0.433 e. The molecule has 138 valence electrons. The monoisotopic (exact) mass is 359 g/mol. The van der Waals surface area contributed by atoms with Crippen LogP contribution in [0.2, 0.25) is 0 Å². The van der Waals surface area contributed by atoms with Crippen LogP contribution in [0.5, 0.6) is 0 Å². The molecule has 2 N–H and O–H groups in total. The van der Waals surface area contributed by atoms with E-state index in [0.717, 1.165) is 6.07 Å². The molecule has 25 heavy (non-hydrogen) atoms. The second-order valence-corrected chi connectivity index (χ2v) is 5.89. The molecule has 2 rings (SSSR count). The molecule has 10 heteroatoms. The van der Waals surface area contributed by atoms with E-state index in [-0.39, 0.29) is 36.0 Å². The second kappa shape index (κ2) is 7.66. The zero-order chi connectivity index (χ0) is 18.6. The highest BCUT2D eigenvalue weighted by Gasteiger charge is 2.34. The van der Waals surface area contributed by atoms with E-state index in [4.69, 9.17) is 0 Å². The Kier molecular flexibility index (Phi) is 5.81. The Morgan fingerprint density at radius 3 is 2.48 bits per heavy atom. The van der Waals surface area contributed by atoms with Crippen molar-refractivity contribution in [3.63, 3.8) is 0 Å². The minimum atomic E-state index is -4.52. The van der Waals surface area contributed by atoms with Crippen molar-refractivity contribution < 1.29 is 22.8 Å². The van der Waals surface area contributed by atoms with Crippen LogP contribution in [-0.4, -0.2) is 47.5 Å². The molecule has 1 aromatic rings. The fraction of sp³-hybridized carbons (Fsp3) is 0.600. The SMILES string of the molecule is CC(=O)NCC(=O)NC1CCN(c2cc(C(F)(F)F)nc(C)n2)CC1. The zero-order valence-electron chi connectivity index (χ0n) is 14.0. The first-order chi connectivity index (χ1) is 11.6. The van der Waals surface area contributed by atoms with Gasteiger partial charge < -0.3 is 15.5 Å². The van der Waals surface area contributed by atoms with Gasteiger partial charge >= 0.3 is 6.18 Å². The molecule has 0 unspecified atom stereocenters. The van der Waals surface area contributed by atoms with Crippen molar-refractivity contribution in [2.24, 2.45) is 0 Å². The van der Waals surface area contributed by atoms with Crippen LogP contribution < -0.4 is 15.5 Å². The van der Waals surface area contributed by atoms with Gasteiger partial charge in [0.2, 0.25) is 11.8 Å². The Hall–Kier alpha value is -2.39. The minimum Gasteiger partial charge on any atom is -0.356 e. The highest BCUT2D eigenvalue weighted by atomic mass is 19.4. The molecule has 0 aliphatic carbocycles. The van der Waals surface area contributed by atoms with Crippen molar-refractivity contribution in [3.8, 4) is 0 Å². The van der Waals surface area contributed by atoms with Crippen LogP contribution in [0.25, 0.3) is 0 Å². The van der Waals surface area contributed by atoms with Crippen LogP contribution in [0, 0.1) is 6.92 Å². The lowest BCUT2D eigenvalue weighted by Gasteiger charge is -2.33. The number of nitrogens with zero attached hydrogens (tertiary/aromatic N) is 3. The van der Waals surface area contributed by atoms with Crippen molar-refractivity contribution in [2.45, 2.75) is 38.9 Å². The number of aryl methyl sites for hydroxylation is 1. The number of halogens is 3. The van der Waals surface area contributed by atoms with E-state index in [1.807, 2.05) is 0 Å². The van der Waals surface area contributed by atoms with Gasteiger partial charge in [-0.1, -0.05) is 0 Å². The summed E-state index contributed by atoms with van der Waals surface area (Å²) in [5.74, 6) is -0.270. The first-order valence-electron chi connectivity index (χ1n) is 7.87. The summed E-state index contributed by atoms with van der Waals surface area (Å²) in [6.07, 6.45) is -3.36. The van der Waals surface area contributed by atoms with Crippen LogP contribution in [0.3, 0.4) is 0 Å². The summed E-state index contributed by atoms with van der Waals surface area (Å²) >= 11 is 0. The molecule has 1 aliphatic heterocycles. The summed E-state index contributed by atoms with van der Waals surface area (Å²) in [6.45, 7) is 3.60. The van der Waals surface area contributed by atoms with E-state index in [0.29, 0.717) is 25.9 Å². The molecular formula is C15H20F3N5O2. The number of hydrogen-bond donors (Lipinski definition) is 2. The van der Waals surface area contributed by atoms with Crippen LogP contribution in [-0.2, 0) is 15.8 Å². The smallest absolute Gasteiger partial charge is 0.356 e. The molecule has 1 saturated heterocycles. The fourth-order valence-corrected chi connectivity index (χ4v) is 2.60. The summed E-state index contributed by atoms with van der Waals surface area (Å²) in [5, 5.41) is 5.21. The zero-order valence-corrected chi connectivity index (χ0v) is 14.0. The van der Waals surface area contributed by atoms with Crippen LogP contribution in [0.15, 0.2) is 6.07 Å². The van der Waals surface area contributed by atoms with Crippen LogP contribution in [0.1, 0.15) is 31.3 Å². The number of anilines is 1. The van der Waals surface area contributed by atoms with Gasteiger partial charge in [0, 0.05) is 32.1 Å². The number of aromatic nitrogens is 2. The number of amides is 2. The van der Waals surface area contributed by atoms with E-state index < -0.39 is 11.9 Å². The maximum atomic E-state index is 12.9. The predicted molar refractivity (Wildman–Crippen MR) is 83.8 cm³/mol. The number of nitrogens with one attached hydrogen (secondary N) is 2. The summed E-state index contributed by atoms with van der Waals surface area (Å²) in [4.78, 5) is 31.7. The first kappa shape index (κ1) is 18.9. The second-order valence-electron chi connectivity index (χ2n) is 5.89. The number of rotatable bonds is 4. The summed E-state index contributed by atoms with van der Waals surface area (Å²) in [7, 11) is 0. The molecule has 1 aromatic heterocycles. The molecule has 0 saturated carbocycles. The minimum absolute atomic E-state index is 0.0653. The van der Waals surface area contributed by atoms with E-state index in [2.05, 4.69) is 20.6 Å². The highest BCUT2D eigenvalue weighted by Crippen LogP contribution is 2.30. The van der Waals surface area contributed by atoms with Gasteiger partial charge in [0.25, 0.3) is 0 Å². The molecule has 0 atom stereocenters. The molecule has 0 spiro atoms. The lowest BCUT2D eigenvalue weighted by atomic mass is 10.0. The molecule has 0 bridgehead atoms. The average molecular weight is 359 g/mol. The van der Waals surface area contributed by atoms with E-state index in [9.17, 15) is 22.8 Å². The van der Waals surface area contributed by atoms with Gasteiger partial charge in [-0.2, -0.15) is 13.2 Å². The molecular weight excluding hydrogens is 339 g/mol. The first-order valence-corrected chi connectivity index (χ1v) is 7.87. The number of hydrogen-bond acceptors (Lipinski definition) is 5. The van der Waals surface area contributed by atoms with Gasteiger partial charge in [0.05, 0.1) is 6.54 Å². The topological polar surface area (TPSA) is 87.2 Å². The van der Waals surface area contributed by atoms with Crippen molar-refractivity contribution in [1.29, 1.82) is 0 Å². The maximum Gasteiger partial charge on any atom is 0.433 e. The maximum absolute atomic E-state index is 12.9. The quantitative estimate of drug-likeness (QED) is 0.838. The molecule has 0 radical (unpaired) electrons. The Labute approximate surface area is 143 Å². The van der Waals surface area contributed by atoms with E-state index in [1.165, 1.54) is 13.8 Å². The molecule has 2 amide bonds. The normalized spacial score (nSPS) is 15.8. The standard InChI is InChI=1S/C15H20F3N5O2/c1-9-20-12(15(16,17)18)7-13(21-9)23-5-3-11(4-6-23)22-14(25)8-19-10(2)24/h7,11H,3-6,8H2,1-2H3,(H,19,24)(H,22,25). The third-order valence-electron chi connectivity index (χ3n) is 3.80. The Bertz CT molecular complexity index is 643. The van der Waals surface area contributed by atoms with Gasteiger partial charge in [0.1, 0.15) is 17.3 Å². The Morgan fingerprint density at radius 2 is 1.92 bits per heavy atom. The van der Waals surface area contributed by atoms with Crippen molar-refractivity contribution >= 4 is 17.6 Å².